The summed E-state index contributed by atoms with van der Waals surface area (Å²) in [5.74, 6) is 2.06. The number of hydrogen-bond donors (Lipinski definition) is 0. The second kappa shape index (κ2) is 9.48. The van der Waals surface area contributed by atoms with Crippen LogP contribution in [0, 0.1) is 10.1 Å². The lowest BCUT2D eigenvalue weighted by molar-refractivity contribution is -0.384. The van der Waals surface area contributed by atoms with Gasteiger partial charge in [-0.3, -0.25) is 10.1 Å². The molecule has 0 aliphatic rings. The van der Waals surface area contributed by atoms with E-state index in [0.29, 0.717) is 22.9 Å². The van der Waals surface area contributed by atoms with Gasteiger partial charge in [-0.15, -0.1) is 11.8 Å². The average molecular weight is 416 g/mol. The minimum atomic E-state index is -0.410. The topological polar surface area (TPSA) is 61.6 Å². The van der Waals surface area contributed by atoms with Crippen molar-refractivity contribution < 1.29 is 14.4 Å². The molecule has 0 saturated heterocycles. The van der Waals surface area contributed by atoms with E-state index in [-0.39, 0.29) is 5.69 Å². The Labute approximate surface area is 172 Å². The molecule has 7 heteroatoms. The van der Waals surface area contributed by atoms with E-state index in [9.17, 15) is 10.1 Å². The van der Waals surface area contributed by atoms with Crippen LogP contribution in [-0.2, 0) is 0 Å². The quantitative estimate of drug-likeness (QED) is 0.192. The SMILES string of the molecule is COc1ccc(-c2cc([N+](=O)[O-])ccc2OCCSc2ccc(Cl)cc2)cc1. The monoisotopic (exact) mass is 415 g/mol. The van der Waals surface area contributed by atoms with Gasteiger partial charge in [-0.2, -0.15) is 0 Å². The molecule has 3 aromatic carbocycles. The zero-order chi connectivity index (χ0) is 19.9. The Morgan fingerprint density at radius 2 is 1.75 bits per heavy atom. The van der Waals surface area contributed by atoms with Crippen LogP contribution in [0.3, 0.4) is 0 Å². The molecule has 3 aromatic rings. The Kier molecular flexibility index (Phi) is 6.79. The number of benzene rings is 3. The number of hydrogen-bond acceptors (Lipinski definition) is 5. The minimum Gasteiger partial charge on any atom is -0.497 e. The van der Waals surface area contributed by atoms with Crippen molar-refractivity contribution in [3.63, 3.8) is 0 Å². The first-order valence-electron chi connectivity index (χ1n) is 8.51. The average Bonchev–Trinajstić information content (AvgIpc) is 2.72. The number of non-ortho nitro benzene ring substituents is 1. The number of methoxy groups -OCH3 is 1. The van der Waals surface area contributed by atoms with Crippen molar-refractivity contribution in [1.82, 2.24) is 0 Å². The molecular weight excluding hydrogens is 398 g/mol. The number of nitro benzene ring substituents is 1. The maximum atomic E-state index is 11.2. The molecule has 0 saturated carbocycles. The molecule has 3 rings (SSSR count). The second-order valence-corrected chi connectivity index (χ2v) is 7.42. The first-order valence-corrected chi connectivity index (χ1v) is 9.87. The summed E-state index contributed by atoms with van der Waals surface area (Å²) in [6.07, 6.45) is 0. The van der Waals surface area contributed by atoms with Crippen LogP contribution in [0.25, 0.3) is 11.1 Å². The smallest absolute Gasteiger partial charge is 0.270 e. The van der Waals surface area contributed by atoms with Gasteiger partial charge in [-0.1, -0.05) is 23.7 Å². The van der Waals surface area contributed by atoms with Gasteiger partial charge in [-0.25, -0.2) is 0 Å². The van der Waals surface area contributed by atoms with Gasteiger partial charge < -0.3 is 9.47 Å². The van der Waals surface area contributed by atoms with Crippen LogP contribution in [0.5, 0.6) is 11.5 Å². The Bertz CT molecular complexity index is 946. The highest BCUT2D eigenvalue weighted by molar-refractivity contribution is 7.99. The molecule has 0 atom stereocenters. The van der Waals surface area contributed by atoms with E-state index in [0.717, 1.165) is 22.0 Å². The molecule has 0 N–H and O–H groups in total. The summed E-state index contributed by atoms with van der Waals surface area (Å²) < 4.78 is 11.1. The van der Waals surface area contributed by atoms with Crippen molar-refractivity contribution in [2.75, 3.05) is 19.5 Å². The Hall–Kier alpha value is -2.70. The van der Waals surface area contributed by atoms with Gasteiger partial charge in [0, 0.05) is 33.4 Å². The van der Waals surface area contributed by atoms with Gasteiger partial charge in [0.05, 0.1) is 18.6 Å². The van der Waals surface area contributed by atoms with E-state index in [1.54, 1.807) is 24.9 Å². The van der Waals surface area contributed by atoms with Crippen molar-refractivity contribution in [3.8, 4) is 22.6 Å². The summed E-state index contributed by atoms with van der Waals surface area (Å²) >= 11 is 7.55. The first-order chi connectivity index (χ1) is 13.6. The third-order valence-electron chi connectivity index (χ3n) is 4.00. The van der Waals surface area contributed by atoms with Crippen LogP contribution in [-0.4, -0.2) is 24.4 Å². The van der Waals surface area contributed by atoms with Crippen molar-refractivity contribution in [3.05, 3.63) is 81.9 Å². The molecule has 0 aliphatic heterocycles. The largest absolute Gasteiger partial charge is 0.497 e. The van der Waals surface area contributed by atoms with Crippen molar-refractivity contribution in [2.45, 2.75) is 4.90 Å². The van der Waals surface area contributed by atoms with E-state index >= 15 is 0 Å². The van der Waals surface area contributed by atoms with E-state index in [1.807, 2.05) is 48.5 Å². The lowest BCUT2D eigenvalue weighted by Gasteiger charge is -2.12. The van der Waals surface area contributed by atoms with E-state index in [4.69, 9.17) is 21.1 Å². The molecular formula is C21H18ClNO4S. The summed E-state index contributed by atoms with van der Waals surface area (Å²) in [7, 11) is 1.59. The lowest BCUT2D eigenvalue weighted by Crippen LogP contribution is -2.02. The third-order valence-corrected chi connectivity index (χ3v) is 5.23. The molecule has 144 valence electrons. The maximum Gasteiger partial charge on any atom is 0.270 e. The number of nitro groups is 1. The summed E-state index contributed by atoms with van der Waals surface area (Å²) in [5.41, 5.74) is 1.52. The third kappa shape index (κ3) is 5.18. The van der Waals surface area contributed by atoms with Crippen molar-refractivity contribution >= 4 is 29.1 Å². The molecule has 0 amide bonds. The fourth-order valence-corrected chi connectivity index (χ4v) is 3.45. The Morgan fingerprint density at radius 3 is 2.39 bits per heavy atom. The van der Waals surface area contributed by atoms with Gasteiger partial charge in [0.25, 0.3) is 5.69 Å². The predicted molar refractivity (Wildman–Crippen MR) is 113 cm³/mol. The van der Waals surface area contributed by atoms with Crippen molar-refractivity contribution in [1.29, 1.82) is 0 Å². The van der Waals surface area contributed by atoms with Gasteiger partial charge >= 0.3 is 0 Å². The van der Waals surface area contributed by atoms with Gasteiger partial charge in [-0.05, 0) is 48.0 Å². The minimum absolute atomic E-state index is 0.0220. The molecule has 0 fully saturated rings. The zero-order valence-corrected chi connectivity index (χ0v) is 16.7. The van der Waals surface area contributed by atoms with E-state index in [1.165, 1.54) is 12.1 Å². The summed E-state index contributed by atoms with van der Waals surface area (Å²) in [6, 6.07) is 19.6. The molecule has 0 bridgehead atoms. The predicted octanol–water partition coefficient (Wildman–Crippen LogP) is 6.09. The number of thioether (sulfide) groups is 1. The molecule has 0 aliphatic carbocycles. The number of ether oxygens (including phenoxy) is 2. The number of halogens is 1. The van der Waals surface area contributed by atoms with Crippen LogP contribution in [0.15, 0.2) is 71.6 Å². The van der Waals surface area contributed by atoms with Gasteiger partial charge in [0.15, 0.2) is 0 Å². The number of nitrogens with zero attached hydrogens (tertiary/aromatic N) is 1. The first kappa shape index (κ1) is 20.0. The fourth-order valence-electron chi connectivity index (χ4n) is 2.60. The summed E-state index contributed by atoms with van der Waals surface area (Å²) in [5, 5.41) is 11.9. The van der Waals surface area contributed by atoms with Crippen molar-refractivity contribution in [2.24, 2.45) is 0 Å². The highest BCUT2D eigenvalue weighted by atomic mass is 35.5. The second-order valence-electron chi connectivity index (χ2n) is 5.82. The van der Waals surface area contributed by atoms with Gasteiger partial charge in [0.2, 0.25) is 0 Å². The fraction of sp³-hybridized carbons (Fsp3) is 0.143. The van der Waals surface area contributed by atoms with Crippen LogP contribution in [0.1, 0.15) is 0 Å². The standard InChI is InChI=1S/C21H18ClNO4S/c1-26-18-7-2-15(3-8-18)20-14-17(23(24)25)6-11-21(20)27-12-13-28-19-9-4-16(22)5-10-19/h2-11,14H,12-13H2,1H3. The lowest BCUT2D eigenvalue weighted by atomic mass is 10.0. The van der Waals surface area contributed by atoms with E-state index in [2.05, 4.69) is 0 Å². The van der Waals surface area contributed by atoms with E-state index < -0.39 is 4.92 Å². The molecule has 0 unspecified atom stereocenters. The number of rotatable bonds is 8. The van der Waals surface area contributed by atoms with Crippen LogP contribution >= 0.6 is 23.4 Å². The molecule has 0 radical (unpaired) electrons. The van der Waals surface area contributed by atoms with Crippen LogP contribution in [0.2, 0.25) is 5.02 Å². The maximum absolute atomic E-state index is 11.2. The van der Waals surface area contributed by atoms with Crippen LogP contribution in [0.4, 0.5) is 5.69 Å². The zero-order valence-electron chi connectivity index (χ0n) is 15.1. The van der Waals surface area contributed by atoms with Gasteiger partial charge in [0.1, 0.15) is 11.5 Å². The molecule has 0 spiro atoms. The summed E-state index contributed by atoms with van der Waals surface area (Å²) in [4.78, 5) is 11.9. The highest BCUT2D eigenvalue weighted by Gasteiger charge is 2.14. The normalized spacial score (nSPS) is 10.5. The summed E-state index contributed by atoms with van der Waals surface area (Å²) in [6.45, 7) is 0.467. The highest BCUT2D eigenvalue weighted by Crippen LogP contribution is 2.34. The van der Waals surface area contributed by atoms with Crippen LogP contribution < -0.4 is 9.47 Å². The molecule has 0 heterocycles. The Balaban J connectivity index is 1.73. The molecule has 5 nitrogen and oxygen atoms in total. The molecule has 28 heavy (non-hydrogen) atoms. The molecule has 0 aromatic heterocycles. The Morgan fingerprint density at radius 1 is 1.04 bits per heavy atom.